The zero-order chi connectivity index (χ0) is 11.9. The summed E-state index contributed by atoms with van der Waals surface area (Å²) in [6.07, 6.45) is -0.452. The SMILES string of the molecule is FC(F)c1csc(C2(c3ccccc3)CC2)n1. The maximum absolute atomic E-state index is 12.5. The van der Waals surface area contributed by atoms with Gasteiger partial charge in [0, 0.05) is 10.8 Å². The van der Waals surface area contributed by atoms with Gasteiger partial charge in [-0.1, -0.05) is 30.3 Å². The second-order valence-corrected chi connectivity index (χ2v) is 5.18. The number of benzene rings is 1. The second kappa shape index (κ2) is 3.88. The minimum absolute atomic E-state index is 0.0843. The van der Waals surface area contributed by atoms with Crippen LogP contribution in [0.5, 0.6) is 0 Å². The molecule has 1 aliphatic carbocycles. The van der Waals surface area contributed by atoms with Crippen LogP contribution in [0.15, 0.2) is 35.7 Å². The van der Waals surface area contributed by atoms with Crippen LogP contribution in [0, 0.1) is 0 Å². The smallest absolute Gasteiger partial charge is 0.239 e. The lowest BCUT2D eigenvalue weighted by atomic mass is 9.97. The zero-order valence-corrected chi connectivity index (χ0v) is 9.88. The topological polar surface area (TPSA) is 12.9 Å². The number of halogens is 2. The van der Waals surface area contributed by atoms with Crippen molar-refractivity contribution in [1.29, 1.82) is 0 Å². The van der Waals surface area contributed by atoms with Gasteiger partial charge in [0.25, 0.3) is 6.43 Å². The van der Waals surface area contributed by atoms with Gasteiger partial charge in [-0.3, -0.25) is 0 Å². The Morgan fingerprint density at radius 3 is 2.41 bits per heavy atom. The number of nitrogens with zero attached hydrogens (tertiary/aromatic N) is 1. The molecular weight excluding hydrogens is 240 g/mol. The molecule has 3 rings (SSSR count). The third kappa shape index (κ3) is 1.76. The summed E-state index contributed by atoms with van der Waals surface area (Å²) in [6, 6.07) is 10.0. The van der Waals surface area contributed by atoms with E-state index >= 15 is 0 Å². The van der Waals surface area contributed by atoms with Gasteiger partial charge in [0.1, 0.15) is 10.7 Å². The van der Waals surface area contributed by atoms with Crippen molar-refractivity contribution >= 4 is 11.3 Å². The average Bonchev–Trinajstić information content (AvgIpc) is 3.00. The summed E-state index contributed by atoms with van der Waals surface area (Å²) in [5.74, 6) is 0. The molecular formula is C13H11F2NS. The second-order valence-electron chi connectivity index (χ2n) is 4.33. The minimum Gasteiger partial charge on any atom is -0.239 e. The van der Waals surface area contributed by atoms with Gasteiger partial charge in [0.2, 0.25) is 0 Å². The number of alkyl halides is 2. The molecule has 1 aromatic carbocycles. The molecule has 0 unspecified atom stereocenters. The maximum atomic E-state index is 12.5. The lowest BCUT2D eigenvalue weighted by Crippen LogP contribution is -2.08. The van der Waals surface area contributed by atoms with Crippen LogP contribution in [0.2, 0.25) is 0 Å². The van der Waals surface area contributed by atoms with E-state index in [0.29, 0.717) is 0 Å². The van der Waals surface area contributed by atoms with Crippen LogP contribution in [-0.4, -0.2) is 4.98 Å². The molecule has 1 aliphatic rings. The standard InChI is InChI=1S/C13H11F2NS/c14-11(15)10-8-17-12(16-10)13(6-7-13)9-4-2-1-3-5-9/h1-5,8,11H,6-7H2. The molecule has 88 valence electrons. The summed E-state index contributed by atoms with van der Waals surface area (Å²) in [4.78, 5) is 4.09. The normalized spacial score (nSPS) is 17.4. The highest BCUT2D eigenvalue weighted by molar-refractivity contribution is 7.09. The van der Waals surface area contributed by atoms with E-state index in [4.69, 9.17) is 0 Å². The molecule has 0 saturated heterocycles. The van der Waals surface area contributed by atoms with E-state index in [1.54, 1.807) is 0 Å². The third-order valence-electron chi connectivity index (χ3n) is 3.23. The quantitative estimate of drug-likeness (QED) is 0.798. The van der Waals surface area contributed by atoms with E-state index in [0.717, 1.165) is 17.8 Å². The Kier molecular flexibility index (Phi) is 2.47. The summed E-state index contributed by atoms with van der Waals surface area (Å²) in [5, 5.41) is 2.31. The highest BCUT2D eigenvalue weighted by atomic mass is 32.1. The molecule has 0 bridgehead atoms. The Labute approximate surface area is 102 Å². The summed E-state index contributed by atoms with van der Waals surface area (Å²) in [5.41, 5.74) is 1.02. The van der Waals surface area contributed by atoms with Crippen LogP contribution in [0.3, 0.4) is 0 Å². The van der Waals surface area contributed by atoms with Crippen molar-refractivity contribution in [3.63, 3.8) is 0 Å². The molecule has 1 nitrogen and oxygen atoms in total. The Balaban J connectivity index is 1.98. The predicted molar refractivity (Wildman–Crippen MR) is 63.5 cm³/mol. The molecule has 1 fully saturated rings. The van der Waals surface area contributed by atoms with Crippen molar-refractivity contribution < 1.29 is 8.78 Å². The number of thiazole rings is 1. The monoisotopic (exact) mass is 251 g/mol. The van der Waals surface area contributed by atoms with Gasteiger partial charge in [-0.05, 0) is 18.4 Å². The molecule has 1 saturated carbocycles. The van der Waals surface area contributed by atoms with Gasteiger partial charge in [0.05, 0.1) is 0 Å². The molecule has 17 heavy (non-hydrogen) atoms. The van der Waals surface area contributed by atoms with Gasteiger partial charge in [-0.2, -0.15) is 0 Å². The molecule has 0 aliphatic heterocycles. The van der Waals surface area contributed by atoms with Crippen LogP contribution in [0.4, 0.5) is 8.78 Å². The van der Waals surface area contributed by atoms with Crippen LogP contribution in [-0.2, 0) is 5.41 Å². The van der Waals surface area contributed by atoms with Crippen molar-refractivity contribution in [2.45, 2.75) is 24.7 Å². The van der Waals surface area contributed by atoms with E-state index in [1.165, 1.54) is 22.3 Å². The Morgan fingerprint density at radius 1 is 1.18 bits per heavy atom. The molecule has 0 spiro atoms. The largest absolute Gasteiger partial charge is 0.281 e. The molecule has 0 amide bonds. The fourth-order valence-electron chi connectivity index (χ4n) is 2.11. The Bertz CT molecular complexity index is 517. The van der Waals surface area contributed by atoms with Crippen molar-refractivity contribution in [2.75, 3.05) is 0 Å². The lowest BCUT2D eigenvalue weighted by Gasteiger charge is -2.11. The van der Waals surface area contributed by atoms with E-state index in [-0.39, 0.29) is 11.1 Å². The lowest BCUT2D eigenvalue weighted by molar-refractivity contribution is 0.146. The fraction of sp³-hybridized carbons (Fsp3) is 0.308. The van der Waals surface area contributed by atoms with Crippen molar-refractivity contribution in [3.05, 3.63) is 52.0 Å². The molecule has 1 aromatic heterocycles. The molecule has 0 radical (unpaired) electrons. The van der Waals surface area contributed by atoms with E-state index < -0.39 is 6.43 Å². The highest BCUT2D eigenvalue weighted by Crippen LogP contribution is 2.54. The van der Waals surface area contributed by atoms with Crippen LogP contribution in [0.1, 0.15) is 35.5 Å². The number of aromatic nitrogens is 1. The first-order valence-corrected chi connectivity index (χ1v) is 6.40. The van der Waals surface area contributed by atoms with Crippen LogP contribution in [0.25, 0.3) is 0 Å². The zero-order valence-electron chi connectivity index (χ0n) is 9.07. The van der Waals surface area contributed by atoms with Gasteiger partial charge in [0.15, 0.2) is 0 Å². The fourth-order valence-corrected chi connectivity index (χ4v) is 3.21. The van der Waals surface area contributed by atoms with E-state index in [1.807, 2.05) is 18.2 Å². The summed E-state index contributed by atoms with van der Waals surface area (Å²) >= 11 is 1.35. The predicted octanol–water partition coefficient (Wildman–Crippen LogP) is 4.16. The van der Waals surface area contributed by atoms with Gasteiger partial charge in [-0.25, -0.2) is 13.8 Å². The first-order chi connectivity index (χ1) is 8.22. The van der Waals surface area contributed by atoms with Gasteiger partial charge >= 0.3 is 0 Å². The first kappa shape index (κ1) is 10.8. The molecule has 0 atom stereocenters. The van der Waals surface area contributed by atoms with Crippen LogP contribution >= 0.6 is 11.3 Å². The summed E-state index contributed by atoms with van der Waals surface area (Å²) < 4.78 is 25.1. The molecule has 0 N–H and O–H groups in total. The number of rotatable bonds is 3. The van der Waals surface area contributed by atoms with E-state index in [2.05, 4.69) is 17.1 Å². The van der Waals surface area contributed by atoms with Crippen molar-refractivity contribution in [1.82, 2.24) is 4.98 Å². The average molecular weight is 251 g/mol. The third-order valence-corrected chi connectivity index (χ3v) is 4.30. The number of hydrogen-bond donors (Lipinski definition) is 0. The summed E-state index contributed by atoms with van der Waals surface area (Å²) in [7, 11) is 0. The Morgan fingerprint density at radius 2 is 1.88 bits per heavy atom. The number of hydrogen-bond acceptors (Lipinski definition) is 2. The van der Waals surface area contributed by atoms with Gasteiger partial charge in [-0.15, -0.1) is 11.3 Å². The van der Waals surface area contributed by atoms with E-state index in [9.17, 15) is 8.78 Å². The van der Waals surface area contributed by atoms with Crippen LogP contribution < -0.4 is 0 Å². The van der Waals surface area contributed by atoms with Crippen molar-refractivity contribution in [2.24, 2.45) is 0 Å². The Hall–Kier alpha value is -1.29. The molecule has 2 aromatic rings. The molecule has 1 heterocycles. The summed E-state index contributed by atoms with van der Waals surface area (Å²) in [6.45, 7) is 0. The first-order valence-electron chi connectivity index (χ1n) is 5.52. The minimum atomic E-state index is -2.47. The van der Waals surface area contributed by atoms with Gasteiger partial charge < -0.3 is 0 Å². The molecule has 4 heteroatoms. The highest BCUT2D eigenvalue weighted by Gasteiger charge is 2.48. The van der Waals surface area contributed by atoms with Crippen molar-refractivity contribution in [3.8, 4) is 0 Å². The maximum Gasteiger partial charge on any atom is 0.281 e.